The molecule has 0 bridgehead atoms. The van der Waals surface area contributed by atoms with E-state index in [4.69, 9.17) is 11.6 Å². The molecular weight excluding hydrogens is 495 g/mol. The van der Waals surface area contributed by atoms with Crippen molar-refractivity contribution in [2.45, 2.75) is 51.8 Å². The van der Waals surface area contributed by atoms with Gasteiger partial charge in [-0.1, -0.05) is 55.8 Å². The third-order valence-electron chi connectivity index (χ3n) is 5.91. The molecule has 3 aromatic rings. The highest BCUT2D eigenvalue weighted by Crippen LogP contribution is 2.35. The van der Waals surface area contributed by atoms with E-state index < -0.39 is 29.7 Å². The summed E-state index contributed by atoms with van der Waals surface area (Å²) in [5.74, 6) is -0.221. The molecular formula is C26H27ClF3N3O3. The van der Waals surface area contributed by atoms with Crippen LogP contribution >= 0.6 is 11.6 Å². The van der Waals surface area contributed by atoms with Crippen molar-refractivity contribution in [1.82, 2.24) is 15.0 Å². The number of benzene rings is 2. The van der Waals surface area contributed by atoms with Crippen LogP contribution in [0.4, 0.5) is 13.2 Å². The van der Waals surface area contributed by atoms with Crippen molar-refractivity contribution in [2.75, 3.05) is 7.11 Å². The van der Waals surface area contributed by atoms with Crippen LogP contribution in [-0.2, 0) is 22.4 Å². The van der Waals surface area contributed by atoms with Crippen LogP contribution in [0.5, 0.6) is 0 Å². The van der Waals surface area contributed by atoms with Crippen molar-refractivity contribution in [3.8, 4) is 22.8 Å². The molecule has 0 amide bonds. The normalized spacial score (nSPS) is 13.6. The number of aromatic nitrogens is 3. The quantitative estimate of drug-likeness (QED) is 0.383. The van der Waals surface area contributed by atoms with Crippen molar-refractivity contribution in [1.29, 1.82) is 0 Å². The van der Waals surface area contributed by atoms with Gasteiger partial charge in [-0.25, -0.2) is 9.78 Å². The summed E-state index contributed by atoms with van der Waals surface area (Å²) >= 11 is 6.35. The Morgan fingerprint density at radius 3 is 2.31 bits per heavy atom. The fraction of sp³-hybridized carbons (Fsp3) is 0.385. The Balaban J connectivity index is 1.88. The molecule has 0 radical (unpaired) electrons. The number of nitrogens with one attached hydrogen (secondary N) is 1. The summed E-state index contributed by atoms with van der Waals surface area (Å²) in [5.41, 5.74) is -0.803. The highest BCUT2D eigenvalue weighted by atomic mass is 35.5. The summed E-state index contributed by atoms with van der Waals surface area (Å²) in [7, 11) is 0.854. The standard InChI is InChI=1S/C26H27ClF3N3O3/c1-15(2)13-16-5-9-18(10-6-16)22-31-23(33-24(35)32-22)19-14-17(7-11-20(19)27)8-12-21(34)25(3,36-4)26(28,29)30/h5-7,9-11,14-15H,8,12-13H2,1-4H3,(H,31,32,33,35)/t25-/m1/s1. The number of carbonyl (C=O) groups is 1. The monoisotopic (exact) mass is 521 g/mol. The molecule has 192 valence electrons. The van der Waals surface area contributed by atoms with Crippen LogP contribution in [0.2, 0.25) is 5.02 Å². The molecule has 1 aromatic heterocycles. The molecule has 0 fully saturated rings. The van der Waals surface area contributed by atoms with Gasteiger partial charge in [0.05, 0.1) is 5.02 Å². The Labute approximate surface area is 211 Å². The van der Waals surface area contributed by atoms with Gasteiger partial charge < -0.3 is 4.74 Å². The summed E-state index contributed by atoms with van der Waals surface area (Å²) in [6.07, 6.45) is -4.32. The number of ether oxygens (including phenoxy) is 1. The van der Waals surface area contributed by atoms with E-state index in [9.17, 15) is 22.8 Å². The van der Waals surface area contributed by atoms with E-state index in [1.807, 2.05) is 24.3 Å². The fourth-order valence-corrected chi connectivity index (χ4v) is 3.90. The van der Waals surface area contributed by atoms with Crippen LogP contribution in [0, 0.1) is 5.92 Å². The molecule has 1 atom stereocenters. The molecule has 0 aliphatic rings. The topological polar surface area (TPSA) is 84.9 Å². The Kier molecular flexibility index (Phi) is 8.36. The Hall–Kier alpha value is -3.04. The molecule has 1 N–H and O–H groups in total. The second-order valence-electron chi connectivity index (χ2n) is 9.09. The van der Waals surface area contributed by atoms with Gasteiger partial charge in [0.1, 0.15) is 5.82 Å². The first-order chi connectivity index (χ1) is 16.8. The Bertz CT molecular complexity index is 1290. The number of carbonyl (C=O) groups excluding carboxylic acids is 1. The number of halogens is 4. The van der Waals surface area contributed by atoms with Gasteiger partial charge in [0, 0.05) is 24.7 Å². The van der Waals surface area contributed by atoms with Crippen molar-refractivity contribution >= 4 is 17.4 Å². The molecule has 0 saturated carbocycles. The molecule has 0 unspecified atom stereocenters. The summed E-state index contributed by atoms with van der Waals surface area (Å²) in [6, 6.07) is 12.3. The van der Waals surface area contributed by atoms with Crippen LogP contribution in [-0.4, -0.2) is 39.6 Å². The molecule has 3 rings (SSSR count). The van der Waals surface area contributed by atoms with Crippen LogP contribution in [0.25, 0.3) is 22.8 Å². The number of H-pyrrole nitrogens is 1. The molecule has 10 heteroatoms. The lowest BCUT2D eigenvalue weighted by Crippen LogP contribution is -2.51. The minimum absolute atomic E-state index is 0.0114. The van der Waals surface area contributed by atoms with Gasteiger partial charge in [0.15, 0.2) is 11.6 Å². The first-order valence-electron chi connectivity index (χ1n) is 11.4. The number of alkyl halides is 3. The maximum Gasteiger partial charge on any atom is 0.424 e. The van der Waals surface area contributed by atoms with Gasteiger partial charge in [0.2, 0.25) is 5.60 Å². The number of aryl methyl sites for hydroxylation is 1. The minimum Gasteiger partial charge on any atom is -0.362 e. The summed E-state index contributed by atoms with van der Waals surface area (Å²) in [6.45, 7) is 4.96. The van der Waals surface area contributed by atoms with E-state index in [2.05, 4.69) is 33.5 Å². The zero-order valence-corrected chi connectivity index (χ0v) is 21.1. The van der Waals surface area contributed by atoms with Crippen molar-refractivity contribution in [3.05, 3.63) is 69.1 Å². The summed E-state index contributed by atoms with van der Waals surface area (Å²) < 4.78 is 44.4. The first-order valence-corrected chi connectivity index (χ1v) is 11.7. The van der Waals surface area contributed by atoms with Gasteiger partial charge >= 0.3 is 11.9 Å². The van der Waals surface area contributed by atoms with Gasteiger partial charge in [-0.05, 0) is 48.9 Å². The number of Topliss-reactive ketones (excluding diaryl/α,β-unsaturated/α-hetero) is 1. The lowest BCUT2D eigenvalue weighted by atomic mass is 9.94. The number of rotatable bonds is 9. The van der Waals surface area contributed by atoms with E-state index in [0.717, 1.165) is 19.1 Å². The molecule has 2 aromatic carbocycles. The second kappa shape index (κ2) is 10.9. The number of hydrogen-bond acceptors (Lipinski definition) is 5. The third-order valence-corrected chi connectivity index (χ3v) is 6.24. The van der Waals surface area contributed by atoms with Crippen molar-refractivity contribution in [2.24, 2.45) is 5.92 Å². The maximum absolute atomic E-state index is 13.3. The summed E-state index contributed by atoms with van der Waals surface area (Å²) in [5, 5.41) is 0.273. The first kappa shape index (κ1) is 27.5. The van der Waals surface area contributed by atoms with E-state index in [0.29, 0.717) is 29.5 Å². The third kappa shape index (κ3) is 6.20. The molecule has 1 heterocycles. The zero-order valence-electron chi connectivity index (χ0n) is 20.4. The zero-order chi connectivity index (χ0) is 26.7. The number of ketones is 1. The smallest absolute Gasteiger partial charge is 0.362 e. The van der Waals surface area contributed by atoms with E-state index in [1.165, 1.54) is 6.07 Å². The van der Waals surface area contributed by atoms with Crippen LogP contribution in [0.15, 0.2) is 47.3 Å². The van der Waals surface area contributed by atoms with Crippen LogP contribution in [0.3, 0.4) is 0 Å². The maximum atomic E-state index is 13.3. The molecule has 36 heavy (non-hydrogen) atoms. The predicted octanol–water partition coefficient (Wildman–Crippen LogP) is 5.82. The fourth-order valence-electron chi connectivity index (χ4n) is 3.70. The molecule has 0 aliphatic carbocycles. The number of hydrogen-bond donors (Lipinski definition) is 1. The van der Waals surface area contributed by atoms with E-state index in [-0.39, 0.29) is 23.1 Å². The highest BCUT2D eigenvalue weighted by molar-refractivity contribution is 6.33. The molecule has 0 aliphatic heterocycles. The average Bonchev–Trinajstić information content (AvgIpc) is 2.81. The van der Waals surface area contributed by atoms with E-state index in [1.54, 1.807) is 12.1 Å². The average molecular weight is 522 g/mol. The van der Waals surface area contributed by atoms with Gasteiger partial charge in [0.25, 0.3) is 0 Å². The highest BCUT2D eigenvalue weighted by Gasteiger charge is 2.56. The van der Waals surface area contributed by atoms with Crippen LogP contribution < -0.4 is 5.69 Å². The second-order valence-corrected chi connectivity index (χ2v) is 9.50. The molecule has 0 spiro atoms. The van der Waals surface area contributed by atoms with E-state index >= 15 is 0 Å². The number of aromatic amines is 1. The van der Waals surface area contributed by atoms with Crippen LogP contribution in [0.1, 0.15) is 38.3 Å². The van der Waals surface area contributed by atoms with Crippen molar-refractivity contribution in [3.63, 3.8) is 0 Å². The van der Waals surface area contributed by atoms with Gasteiger partial charge in [-0.3, -0.25) is 9.78 Å². The lowest BCUT2D eigenvalue weighted by molar-refractivity contribution is -0.252. The van der Waals surface area contributed by atoms with Crippen molar-refractivity contribution < 1.29 is 22.7 Å². The summed E-state index contributed by atoms with van der Waals surface area (Å²) in [4.78, 5) is 35.6. The largest absolute Gasteiger partial charge is 0.424 e. The van der Waals surface area contributed by atoms with Gasteiger partial charge in [-0.2, -0.15) is 18.2 Å². The SMILES string of the molecule is CO[C@](C)(C(=O)CCc1ccc(Cl)c(-c2nc(-c3ccc(CC(C)C)cc3)nc(=O)[nH]2)c1)C(F)(F)F. The number of nitrogens with zero attached hydrogens (tertiary/aromatic N) is 2. The lowest BCUT2D eigenvalue weighted by Gasteiger charge is -2.29. The minimum atomic E-state index is -4.84. The van der Waals surface area contributed by atoms with Gasteiger partial charge in [-0.15, -0.1) is 0 Å². The Morgan fingerprint density at radius 2 is 1.72 bits per heavy atom. The number of methoxy groups -OCH3 is 1. The molecule has 6 nitrogen and oxygen atoms in total. The predicted molar refractivity (Wildman–Crippen MR) is 132 cm³/mol. The molecule has 0 saturated heterocycles. The Morgan fingerprint density at radius 1 is 1.08 bits per heavy atom.